The predicted molar refractivity (Wildman–Crippen MR) is 108 cm³/mol. The number of fused-ring (bicyclic) bond motifs is 1. The summed E-state index contributed by atoms with van der Waals surface area (Å²) in [6.07, 6.45) is 0. The highest BCUT2D eigenvalue weighted by Crippen LogP contribution is 2.30. The van der Waals surface area contributed by atoms with E-state index in [9.17, 15) is 4.79 Å². The average molecular weight is 389 g/mol. The topological polar surface area (TPSA) is 30.2 Å². The van der Waals surface area contributed by atoms with Crippen molar-refractivity contribution in [3.63, 3.8) is 0 Å². The Bertz CT molecular complexity index is 835. The minimum Gasteiger partial charge on any atom is -0.422 e. The molecule has 24 heavy (non-hydrogen) atoms. The monoisotopic (exact) mass is 388 g/mol. The predicted octanol–water partition coefficient (Wildman–Crippen LogP) is 6.72. The molecule has 3 aromatic rings. The van der Waals surface area contributed by atoms with Gasteiger partial charge >= 0.3 is 5.63 Å². The molecule has 0 saturated heterocycles. The molecule has 0 amide bonds. The normalized spacial score (nSPS) is 9.58. The molecule has 0 unspecified atom stereocenters. The molecule has 0 aliphatic rings. The third-order valence-electron chi connectivity index (χ3n) is 3.47. The van der Waals surface area contributed by atoms with Crippen LogP contribution >= 0.6 is 15.9 Å². The fraction of sp³-hybridized carbons (Fsp3) is 0.286. The smallest absolute Gasteiger partial charge is 0.344 e. The van der Waals surface area contributed by atoms with E-state index in [1.54, 1.807) is 0 Å². The molecule has 2 nitrogen and oxygen atoms in total. The Morgan fingerprint density at radius 1 is 0.917 bits per heavy atom. The summed E-state index contributed by atoms with van der Waals surface area (Å²) in [5.74, 6) is 0. The molecule has 1 aromatic heterocycles. The van der Waals surface area contributed by atoms with Crippen LogP contribution in [-0.2, 0) is 5.33 Å². The molecule has 0 atom stereocenters. The molecule has 0 radical (unpaired) electrons. The minimum atomic E-state index is -0.285. The summed E-state index contributed by atoms with van der Waals surface area (Å²) < 4.78 is 5.47. The van der Waals surface area contributed by atoms with E-state index in [1.807, 2.05) is 83.1 Å². The van der Waals surface area contributed by atoms with E-state index in [1.165, 1.54) is 0 Å². The average Bonchev–Trinajstić information content (AvgIpc) is 2.64. The van der Waals surface area contributed by atoms with Crippen molar-refractivity contribution in [3.05, 3.63) is 70.1 Å². The fourth-order valence-electron chi connectivity index (χ4n) is 2.48. The number of halogens is 1. The van der Waals surface area contributed by atoms with E-state index in [4.69, 9.17) is 4.42 Å². The lowest BCUT2D eigenvalue weighted by molar-refractivity contribution is 0.562. The molecule has 0 aliphatic carbocycles. The van der Waals surface area contributed by atoms with Crippen LogP contribution in [0.4, 0.5) is 0 Å². The van der Waals surface area contributed by atoms with Crippen molar-refractivity contribution in [1.29, 1.82) is 0 Å². The number of hydrogen-bond donors (Lipinski definition) is 0. The second kappa shape index (κ2) is 10.1. The first-order chi connectivity index (χ1) is 11.7. The molecular weight excluding hydrogens is 364 g/mol. The fourth-order valence-corrected chi connectivity index (χ4v) is 3.06. The maximum absolute atomic E-state index is 12.4. The van der Waals surface area contributed by atoms with Gasteiger partial charge in [-0.1, -0.05) is 86.1 Å². The van der Waals surface area contributed by atoms with E-state index in [-0.39, 0.29) is 5.63 Å². The summed E-state index contributed by atoms with van der Waals surface area (Å²) in [5.41, 5.74) is 3.97. The Morgan fingerprint density at radius 3 is 2.12 bits per heavy atom. The van der Waals surface area contributed by atoms with Gasteiger partial charge in [0.2, 0.25) is 0 Å². The number of hydrogen-bond acceptors (Lipinski definition) is 2. The summed E-state index contributed by atoms with van der Waals surface area (Å²) in [7, 11) is 0. The van der Waals surface area contributed by atoms with Gasteiger partial charge in [0.05, 0.1) is 5.56 Å². The third-order valence-corrected chi connectivity index (χ3v) is 4.03. The number of aryl methyl sites for hydroxylation is 1. The zero-order valence-corrected chi connectivity index (χ0v) is 16.6. The second-order valence-corrected chi connectivity index (χ2v) is 5.25. The van der Waals surface area contributed by atoms with Crippen molar-refractivity contribution in [1.82, 2.24) is 0 Å². The maximum atomic E-state index is 12.4. The van der Waals surface area contributed by atoms with Gasteiger partial charge in [-0.05, 0) is 29.7 Å². The van der Waals surface area contributed by atoms with Crippen LogP contribution in [0.1, 0.15) is 38.8 Å². The molecule has 128 valence electrons. The molecule has 1 heterocycles. The second-order valence-electron chi connectivity index (χ2n) is 4.69. The highest BCUT2D eigenvalue weighted by Gasteiger charge is 2.16. The van der Waals surface area contributed by atoms with Gasteiger partial charge in [0.15, 0.2) is 0 Å². The number of benzene rings is 2. The number of alkyl halides is 1. The molecule has 0 saturated carbocycles. The van der Waals surface area contributed by atoms with Gasteiger partial charge in [-0.15, -0.1) is 0 Å². The minimum absolute atomic E-state index is 0.285. The Balaban J connectivity index is 0.000000671. The van der Waals surface area contributed by atoms with Gasteiger partial charge in [-0.2, -0.15) is 0 Å². The maximum Gasteiger partial charge on any atom is 0.344 e. The van der Waals surface area contributed by atoms with Crippen LogP contribution in [0, 0.1) is 6.92 Å². The summed E-state index contributed by atoms with van der Waals surface area (Å²) in [4.78, 5) is 12.4. The Labute approximate surface area is 152 Å². The molecule has 0 aliphatic heterocycles. The molecule has 0 bridgehead atoms. The quantitative estimate of drug-likeness (QED) is 0.360. The van der Waals surface area contributed by atoms with Crippen molar-refractivity contribution in [2.45, 2.75) is 39.9 Å². The van der Waals surface area contributed by atoms with Crippen molar-refractivity contribution in [2.24, 2.45) is 0 Å². The molecule has 3 heteroatoms. The van der Waals surface area contributed by atoms with Gasteiger partial charge in [0.25, 0.3) is 0 Å². The summed E-state index contributed by atoms with van der Waals surface area (Å²) in [5, 5.41) is 1.59. The lowest BCUT2D eigenvalue weighted by Gasteiger charge is -2.11. The van der Waals surface area contributed by atoms with Crippen LogP contribution < -0.4 is 5.63 Å². The van der Waals surface area contributed by atoms with Gasteiger partial charge in [-0.3, -0.25) is 0 Å². The molecule has 0 spiro atoms. The Kier molecular flexibility index (Phi) is 8.48. The summed E-state index contributed by atoms with van der Waals surface area (Å²) >= 11 is 3.50. The van der Waals surface area contributed by atoms with Gasteiger partial charge in [0.1, 0.15) is 5.58 Å². The standard InChI is InChI=1S/C17H13BrO2.2C2H6/c1-11-6-2-3-7-12(11)16-14(10-18)13-8-4-5-9-15(13)20-17(16)19;2*1-2/h2-9H,10H2,1H3;2*1-2H3. The van der Waals surface area contributed by atoms with Crippen LogP contribution in [-0.4, -0.2) is 0 Å². The first-order valence-corrected chi connectivity index (χ1v) is 9.51. The zero-order chi connectivity index (χ0) is 18.1. The summed E-state index contributed by atoms with van der Waals surface area (Å²) in [6, 6.07) is 15.5. The Hall–Kier alpha value is -1.87. The molecule has 2 aromatic carbocycles. The van der Waals surface area contributed by atoms with E-state index >= 15 is 0 Å². The lowest BCUT2D eigenvalue weighted by Crippen LogP contribution is -2.08. The van der Waals surface area contributed by atoms with Crippen LogP contribution in [0.2, 0.25) is 0 Å². The lowest BCUT2D eigenvalue weighted by atomic mass is 9.96. The van der Waals surface area contributed by atoms with Crippen molar-refractivity contribution in [3.8, 4) is 11.1 Å². The summed E-state index contributed by atoms with van der Waals surface area (Å²) in [6.45, 7) is 10.0. The highest BCUT2D eigenvalue weighted by molar-refractivity contribution is 9.08. The zero-order valence-electron chi connectivity index (χ0n) is 15.0. The SMILES string of the molecule is CC.CC.Cc1ccccc1-c1c(CBr)c2ccccc2oc1=O. The van der Waals surface area contributed by atoms with E-state index in [0.29, 0.717) is 16.5 Å². The van der Waals surface area contributed by atoms with Gasteiger partial charge in [-0.25, -0.2) is 4.79 Å². The van der Waals surface area contributed by atoms with Gasteiger partial charge < -0.3 is 4.42 Å². The van der Waals surface area contributed by atoms with Crippen molar-refractivity contribution in [2.75, 3.05) is 0 Å². The van der Waals surface area contributed by atoms with Crippen molar-refractivity contribution >= 4 is 26.9 Å². The van der Waals surface area contributed by atoms with Crippen LogP contribution in [0.3, 0.4) is 0 Å². The van der Waals surface area contributed by atoms with E-state index in [2.05, 4.69) is 15.9 Å². The molecule has 0 N–H and O–H groups in total. The van der Waals surface area contributed by atoms with Crippen LogP contribution in [0.5, 0.6) is 0 Å². The number of rotatable bonds is 2. The first kappa shape index (κ1) is 20.2. The molecule has 0 fully saturated rings. The number of para-hydroxylation sites is 1. The molecule has 3 rings (SSSR count). The van der Waals surface area contributed by atoms with Gasteiger partial charge in [0, 0.05) is 10.7 Å². The highest BCUT2D eigenvalue weighted by atomic mass is 79.9. The Morgan fingerprint density at radius 2 is 1.50 bits per heavy atom. The molecular formula is C21H25BrO2. The largest absolute Gasteiger partial charge is 0.422 e. The van der Waals surface area contributed by atoms with E-state index < -0.39 is 0 Å². The van der Waals surface area contributed by atoms with Crippen molar-refractivity contribution < 1.29 is 4.42 Å². The van der Waals surface area contributed by atoms with Crippen LogP contribution in [0.25, 0.3) is 22.1 Å². The van der Waals surface area contributed by atoms with Crippen LogP contribution in [0.15, 0.2) is 57.7 Å². The van der Waals surface area contributed by atoms with E-state index in [0.717, 1.165) is 22.1 Å². The third kappa shape index (κ3) is 4.15. The first-order valence-electron chi connectivity index (χ1n) is 8.39.